The number of halogens is 2. The molecule has 0 spiro atoms. The van der Waals surface area contributed by atoms with Gasteiger partial charge in [-0.3, -0.25) is 9.89 Å². The van der Waals surface area contributed by atoms with E-state index in [0.717, 1.165) is 11.3 Å². The van der Waals surface area contributed by atoms with E-state index in [1.54, 1.807) is 12.1 Å². The zero-order valence-electron chi connectivity index (χ0n) is 10.3. The highest BCUT2D eigenvalue weighted by Crippen LogP contribution is 2.24. The summed E-state index contributed by atoms with van der Waals surface area (Å²) in [7, 11) is 0. The highest BCUT2D eigenvalue weighted by Gasteiger charge is 2.14. The van der Waals surface area contributed by atoms with Gasteiger partial charge in [-0.05, 0) is 52.3 Å². The first kappa shape index (κ1) is 12.9. The molecule has 0 saturated heterocycles. The third kappa shape index (κ3) is 2.20. The van der Waals surface area contributed by atoms with E-state index >= 15 is 0 Å². The summed E-state index contributed by atoms with van der Waals surface area (Å²) < 4.78 is 14.8. The quantitative estimate of drug-likeness (QED) is 0.762. The average Bonchev–Trinajstić information content (AvgIpc) is 2.77. The van der Waals surface area contributed by atoms with Crippen molar-refractivity contribution in [1.82, 2.24) is 9.78 Å². The number of benzene rings is 2. The summed E-state index contributed by atoms with van der Waals surface area (Å²) in [6, 6.07) is 15.2. The summed E-state index contributed by atoms with van der Waals surface area (Å²) in [6.45, 7) is 0. The van der Waals surface area contributed by atoms with E-state index in [1.165, 1.54) is 16.8 Å². The lowest BCUT2D eigenvalue weighted by molar-refractivity contribution is 0.628. The first-order valence-corrected chi connectivity index (χ1v) is 6.78. The molecular weight excluding hydrogens is 323 g/mol. The van der Waals surface area contributed by atoms with Gasteiger partial charge in [0, 0.05) is 5.56 Å². The second-order valence-corrected chi connectivity index (χ2v) is 5.08. The number of aromatic amines is 1. The van der Waals surface area contributed by atoms with Crippen LogP contribution in [-0.4, -0.2) is 9.78 Å². The molecule has 0 atom stereocenters. The number of nitrogens with zero attached hydrogens (tertiary/aromatic N) is 1. The molecule has 0 aliphatic heterocycles. The Morgan fingerprint density at radius 3 is 2.30 bits per heavy atom. The molecule has 5 heteroatoms. The molecule has 3 rings (SSSR count). The van der Waals surface area contributed by atoms with E-state index < -0.39 is 0 Å². The number of hydrogen-bond donors (Lipinski definition) is 1. The Labute approximate surface area is 122 Å². The largest absolute Gasteiger partial charge is 0.289 e. The van der Waals surface area contributed by atoms with Gasteiger partial charge in [0.15, 0.2) is 0 Å². The van der Waals surface area contributed by atoms with Crippen LogP contribution >= 0.6 is 15.9 Å². The summed E-state index contributed by atoms with van der Waals surface area (Å²) in [4.78, 5) is 12.2. The van der Waals surface area contributed by atoms with Crippen LogP contribution in [0.5, 0.6) is 0 Å². The van der Waals surface area contributed by atoms with E-state index in [-0.39, 0.29) is 11.4 Å². The lowest BCUT2D eigenvalue weighted by atomic mass is 10.1. The van der Waals surface area contributed by atoms with Gasteiger partial charge in [-0.1, -0.05) is 18.2 Å². The summed E-state index contributed by atoms with van der Waals surface area (Å²) in [5.41, 5.74) is 1.92. The Hall–Kier alpha value is -2.14. The number of para-hydroxylation sites is 1. The van der Waals surface area contributed by atoms with Crippen molar-refractivity contribution in [3.63, 3.8) is 0 Å². The number of nitrogens with one attached hydrogen (secondary N) is 1. The Morgan fingerprint density at radius 1 is 1.00 bits per heavy atom. The Kier molecular flexibility index (Phi) is 3.28. The summed E-state index contributed by atoms with van der Waals surface area (Å²) in [5.74, 6) is -0.310. The molecule has 0 radical (unpaired) electrons. The summed E-state index contributed by atoms with van der Waals surface area (Å²) >= 11 is 3.30. The van der Waals surface area contributed by atoms with Gasteiger partial charge in [0.05, 0.1) is 11.4 Å². The van der Waals surface area contributed by atoms with Gasteiger partial charge in [0.2, 0.25) is 0 Å². The van der Waals surface area contributed by atoms with Crippen LogP contribution in [0.4, 0.5) is 4.39 Å². The summed E-state index contributed by atoms with van der Waals surface area (Å²) in [5, 5.41) is 3.04. The molecule has 0 fully saturated rings. The molecule has 3 aromatic rings. The van der Waals surface area contributed by atoms with Crippen molar-refractivity contribution in [3.05, 3.63) is 75.2 Å². The van der Waals surface area contributed by atoms with Crippen molar-refractivity contribution in [2.75, 3.05) is 0 Å². The summed E-state index contributed by atoms with van der Waals surface area (Å²) in [6.07, 6.45) is 0. The predicted octanol–water partition coefficient (Wildman–Crippen LogP) is 3.73. The second kappa shape index (κ2) is 5.09. The molecule has 0 unspecified atom stereocenters. The topological polar surface area (TPSA) is 37.8 Å². The zero-order chi connectivity index (χ0) is 14.1. The maximum absolute atomic E-state index is 13.0. The van der Waals surface area contributed by atoms with Crippen molar-refractivity contribution < 1.29 is 4.39 Å². The van der Waals surface area contributed by atoms with Gasteiger partial charge in [0.25, 0.3) is 5.56 Å². The van der Waals surface area contributed by atoms with Gasteiger partial charge >= 0.3 is 0 Å². The van der Waals surface area contributed by atoms with Gasteiger partial charge in [0.1, 0.15) is 10.3 Å². The predicted molar refractivity (Wildman–Crippen MR) is 79.5 cm³/mol. The molecule has 1 N–H and O–H groups in total. The molecule has 1 aromatic heterocycles. The van der Waals surface area contributed by atoms with Crippen LogP contribution in [0.15, 0.2) is 63.9 Å². The highest BCUT2D eigenvalue weighted by atomic mass is 79.9. The van der Waals surface area contributed by atoms with E-state index in [2.05, 4.69) is 21.0 Å². The van der Waals surface area contributed by atoms with Crippen molar-refractivity contribution in [1.29, 1.82) is 0 Å². The lowest BCUT2D eigenvalue weighted by Crippen LogP contribution is -2.14. The van der Waals surface area contributed by atoms with Gasteiger partial charge < -0.3 is 0 Å². The monoisotopic (exact) mass is 332 g/mol. The van der Waals surface area contributed by atoms with Crippen LogP contribution in [0.2, 0.25) is 0 Å². The van der Waals surface area contributed by atoms with Crippen molar-refractivity contribution in [2.45, 2.75) is 0 Å². The fourth-order valence-corrected chi connectivity index (χ4v) is 2.48. The number of rotatable bonds is 2. The molecule has 100 valence electrons. The van der Waals surface area contributed by atoms with Crippen LogP contribution in [-0.2, 0) is 0 Å². The minimum absolute atomic E-state index is 0.185. The molecule has 0 amide bonds. The minimum atomic E-state index is -0.310. The number of hydrogen-bond acceptors (Lipinski definition) is 1. The van der Waals surface area contributed by atoms with E-state index in [4.69, 9.17) is 0 Å². The third-order valence-corrected chi connectivity index (χ3v) is 3.72. The van der Waals surface area contributed by atoms with Crippen LogP contribution < -0.4 is 5.56 Å². The molecular formula is C15H10BrFN2O. The molecule has 2 aromatic carbocycles. The third-order valence-electron chi connectivity index (χ3n) is 2.98. The first-order chi connectivity index (χ1) is 9.66. The van der Waals surface area contributed by atoms with E-state index in [0.29, 0.717) is 10.2 Å². The first-order valence-electron chi connectivity index (χ1n) is 5.98. The molecule has 20 heavy (non-hydrogen) atoms. The van der Waals surface area contributed by atoms with Gasteiger partial charge in [-0.25, -0.2) is 9.07 Å². The molecule has 1 heterocycles. The van der Waals surface area contributed by atoms with Crippen molar-refractivity contribution >= 4 is 15.9 Å². The standard InChI is InChI=1S/C15H10BrFN2O/c16-13-14(10-6-8-11(17)9-7-10)18-19(15(13)20)12-4-2-1-3-5-12/h1-9,18H. The average molecular weight is 333 g/mol. The molecule has 0 saturated carbocycles. The Balaban J connectivity index is 2.16. The van der Waals surface area contributed by atoms with Crippen LogP contribution in [0.1, 0.15) is 0 Å². The highest BCUT2D eigenvalue weighted by molar-refractivity contribution is 9.10. The molecule has 0 aliphatic rings. The van der Waals surface area contributed by atoms with E-state index in [9.17, 15) is 9.18 Å². The van der Waals surface area contributed by atoms with Gasteiger partial charge in [-0.2, -0.15) is 0 Å². The van der Waals surface area contributed by atoms with Gasteiger partial charge in [-0.15, -0.1) is 0 Å². The number of H-pyrrole nitrogens is 1. The normalized spacial score (nSPS) is 10.7. The number of aromatic nitrogens is 2. The van der Waals surface area contributed by atoms with Crippen LogP contribution in [0.3, 0.4) is 0 Å². The van der Waals surface area contributed by atoms with E-state index in [1.807, 2.05) is 30.3 Å². The fraction of sp³-hybridized carbons (Fsp3) is 0. The molecule has 0 aliphatic carbocycles. The van der Waals surface area contributed by atoms with Crippen molar-refractivity contribution in [2.24, 2.45) is 0 Å². The lowest BCUT2D eigenvalue weighted by Gasteiger charge is -2.01. The Bertz CT molecular complexity index is 791. The fourth-order valence-electron chi connectivity index (χ4n) is 1.98. The van der Waals surface area contributed by atoms with Crippen LogP contribution in [0, 0.1) is 5.82 Å². The van der Waals surface area contributed by atoms with Crippen molar-refractivity contribution in [3.8, 4) is 16.9 Å². The zero-order valence-corrected chi connectivity index (χ0v) is 11.9. The maximum atomic E-state index is 13.0. The molecule has 3 nitrogen and oxygen atoms in total. The SMILES string of the molecule is O=c1c(Br)c(-c2ccc(F)cc2)[nH]n1-c1ccccc1. The van der Waals surface area contributed by atoms with Crippen LogP contribution in [0.25, 0.3) is 16.9 Å². The smallest absolute Gasteiger partial charge is 0.286 e. The Morgan fingerprint density at radius 2 is 1.65 bits per heavy atom. The maximum Gasteiger partial charge on any atom is 0.286 e. The molecule has 0 bridgehead atoms. The second-order valence-electron chi connectivity index (χ2n) is 4.28. The minimum Gasteiger partial charge on any atom is -0.289 e.